The van der Waals surface area contributed by atoms with Crippen molar-refractivity contribution >= 4 is 44.5 Å². The van der Waals surface area contributed by atoms with E-state index in [1.54, 1.807) is 0 Å². The van der Waals surface area contributed by atoms with Gasteiger partial charge in [-0.05, 0) is 24.6 Å². The fourth-order valence-corrected chi connectivity index (χ4v) is 1.50. The summed E-state index contributed by atoms with van der Waals surface area (Å²) in [6.07, 6.45) is 0. The van der Waals surface area contributed by atoms with Gasteiger partial charge in [-0.3, -0.25) is 0 Å². The normalized spacial score (nSPS) is 11.9. The first-order valence-electron chi connectivity index (χ1n) is 4.29. The van der Waals surface area contributed by atoms with E-state index in [1.807, 2.05) is 24.3 Å². The summed E-state index contributed by atoms with van der Waals surface area (Å²) in [5, 5.41) is 5.14. The van der Waals surface area contributed by atoms with E-state index in [4.69, 9.17) is 11.6 Å². The average Bonchev–Trinajstić information content (AvgIpc) is 2.15. The molecule has 0 fully saturated rings. The maximum atomic E-state index is 5.79. The Morgan fingerprint density at radius 3 is 2.43 bits per heavy atom. The highest BCUT2D eigenvalue weighted by atomic mass is 79.9. The second kappa shape index (κ2) is 7.69. The van der Waals surface area contributed by atoms with Gasteiger partial charge in [0.25, 0.3) is 0 Å². The number of alkyl halides is 1. The molecule has 14 heavy (non-hydrogen) atoms. The second-order valence-corrected chi connectivity index (χ2v) is 4.15. The smallest absolute Gasteiger partial charge is 0.0406 e. The van der Waals surface area contributed by atoms with Crippen LogP contribution in [0.1, 0.15) is 18.5 Å². The number of rotatable bonds is 4. The molecule has 1 nitrogen and oxygen atoms in total. The zero-order chi connectivity index (χ0) is 9.68. The summed E-state index contributed by atoms with van der Waals surface area (Å²) in [5.41, 5.74) is 1.27. The summed E-state index contributed by atoms with van der Waals surface area (Å²) < 4.78 is 0. The third-order valence-electron chi connectivity index (χ3n) is 1.92. The largest absolute Gasteiger partial charge is 0.309 e. The molecule has 1 rings (SSSR count). The van der Waals surface area contributed by atoms with Gasteiger partial charge in [0, 0.05) is 22.9 Å². The van der Waals surface area contributed by atoms with Crippen LogP contribution < -0.4 is 5.32 Å². The van der Waals surface area contributed by atoms with Crippen molar-refractivity contribution in [3.05, 3.63) is 34.9 Å². The molecule has 1 atom stereocenters. The van der Waals surface area contributed by atoms with Gasteiger partial charge >= 0.3 is 0 Å². The molecular formula is C10H14Br2ClN. The summed E-state index contributed by atoms with van der Waals surface area (Å²) in [6.45, 7) is 3.12. The summed E-state index contributed by atoms with van der Waals surface area (Å²) in [7, 11) is 0. The molecule has 0 heterocycles. The molecule has 1 aromatic rings. The summed E-state index contributed by atoms with van der Waals surface area (Å²) >= 11 is 9.17. The molecule has 1 N–H and O–H groups in total. The van der Waals surface area contributed by atoms with Gasteiger partial charge in [0.2, 0.25) is 0 Å². The molecule has 0 amide bonds. The Balaban J connectivity index is 0.00000169. The van der Waals surface area contributed by atoms with Gasteiger partial charge in [-0.1, -0.05) is 39.7 Å². The van der Waals surface area contributed by atoms with Crippen LogP contribution in [0.4, 0.5) is 0 Å². The lowest BCUT2D eigenvalue weighted by atomic mass is 10.1. The molecule has 4 heteroatoms. The Kier molecular flexibility index (Phi) is 7.92. The molecule has 0 aliphatic carbocycles. The Labute approximate surface area is 109 Å². The molecular weight excluding hydrogens is 329 g/mol. The van der Waals surface area contributed by atoms with E-state index < -0.39 is 0 Å². The van der Waals surface area contributed by atoms with E-state index in [2.05, 4.69) is 28.2 Å². The first-order chi connectivity index (χ1) is 6.24. The standard InChI is InChI=1S/C10H13BrClN.BrH/c1-8(13-7-6-11)9-2-4-10(12)5-3-9;/h2-5,8,13H,6-7H2,1H3;1H/t8-;/m0./s1. The third kappa shape index (κ3) is 4.78. The van der Waals surface area contributed by atoms with Gasteiger partial charge in [0.05, 0.1) is 0 Å². The molecule has 0 radical (unpaired) electrons. The fraction of sp³-hybridized carbons (Fsp3) is 0.400. The van der Waals surface area contributed by atoms with Gasteiger partial charge < -0.3 is 5.32 Å². The number of halogens is 3. The fourth-order valence-electron chi connectivity index (χ4n) is 1.14. The van der Waals surface area contributed by atoms with Crippen LogP contribution in [0.3, 0.4) is 0 Å². The van der Waals surface area contributed by atoms with Gasteiger partial charge in [-0.25, -0.2) is 0 Å². The summed E-state index contributed by atoms with van der Waals surface area (Å²) in [5.74, 6) is 0. The van der Waals surface area contributed by atoms with Gasteiger partial charge in [-0.15, -0.1) is 17.0 Å². The van der Waals surface area contributed by atoms with Crippen LogP contribution in [-0.2, 0) is 0 Å². The molecule has 80 valence electrons. The average molecular weight is 343 g/mol. The minimum Gasteiger partial charge on any atom is -0.309 e. The topological polar surface area (TPSA) is 12.0 Å². The maximum Gasteiger partial charge on any atom is 0.0406 e. The van der Waals surface area contributed by atoms with Crippen LogP contribution in [-0.4, -0.2) is 11.9 Å². The van der Waals surface area contributed by atoms with Crippen LogP contribution in [0.5, 0.6) is 0 Å². The SMILES string of the molecule is Br.C[C@H](NCCBr)c1ccc(Cl)cc1. The Hall–Kier alpha value is 0.430. The molecule has 0 saturated heterocycles. The molecule has 0 bridgehead atoms. The van der Waals surface area contributed by atoms with Crippen molar-refractivity contribution in [2.45, 2.75) is 13.0 Å². The lowest BCUT2D eigenvalue weighted by molar-refractivity contribution is 0.602. The zero-order valence-corrected chi connectivity index (χ0v) is 12.0. The van der Waals surface area contributed by atoms with Crippen LogP contribution in [0.2, 0.25) is 5.02 Å². The Morgan fingerprint density at radius 1 is 1.36 bits per heavy atom. The van der Waals surface area contributed by atoms with E-state index >= 15 is 0 Å². The Bertz CT molecular complexity index is 251. The first-order valence-corrected chi connectivity index (χ1v) is 5.79. The summed E-state index contributed by atoms with van der Waals surface area (Å²) in [6, 6.07) is 8.32. The van der Waals surface area contributed by atoms with Gasteiger partial charge in [-0.2, -0.15) is 0 Å². The number of hydrogen-bond donors (Lipinski definition) is 1. The van der Waals surface area contributed by atoms with Crippen molar-refractivity contribution in [1.29, 1.82) is 0 Å². The zero-order valence-electron chi connectivity index (χ0n) is 7.97. The molecule has 1 aromatic carbocycles. The summed E-state index contributed by atoms with van der Waals surface area (Å²) in [4.78, 5) is 0. The number of benzene rings is 1. The minimum absolute atomic E-state index is 0. The van der Waals surface area contributed by atoms with Gasteiger partial charge in [0.15, 0.2) is 0 Å². The van der Waals surface area contributed by atoms with Gasteiger partial charge in [0.1, 0.15) is 0 Å². The van der Waals surface area contributed by atoms with Crippen molar-refractivity contribution in [2.24, 2.45) is 0 Å². The van der Waals surface area contributed by atoms with E-state index in [0.717, 1.165) is 16.9 Å². The molecule has 0 saturated carbocycles. The lowest BCUT2D eigenvalue weighted by Gasteiger charge is -2.12. The third-order valence-corrected chi connectivity index (χ3v) is 2.56. The highest BCUT2D eigenvalue weighted by Gasteiger charge is 2.02. The highest BCUT2D eigenvalue weighted by Crippen LogP contribution is 2.15. The molecule has 0 unspecified atom stereocenters. The van der Waals surface area contributed by atoms with E-state index in [-0.39, 0.29) is 17.0 Å². The van der Waals surface area contributed by atoms with Crippen LogP contribution >= 0.6 is 44.5 Å². The minimum atomic E-state index is 0. The van der Waals surface area contributed by atoms with E-state index in [1.165, 1.54) is 5.56 Å². The van der Waals surface area contributed by atoms with Crippen molar-refractivity contribution in [3.8, 4) is 0 Å². The molecule has 0 aliphatic heterocycles. The lowest BCUT2D eigenvalue weighted by Crippen LogP contribution is -2.20. The maximum absolute atomic E-state index is 5.79. The van der Waals surface area contributed by atoms with Crippen molar-refractivity contribution in [1.82, 2.24) is 5.32 Å². The molecule has 0 spiro atoms. The number of nitrogens with one attached hydrogen (secondary N) is 1. The first kappa shape index (κ1) is 14.4. The van der Waals surface area contributed by atoms with Crippen LogP contribution in [0.25, 0.3) is 0 Å². The Morgan fingerprint density at radius 2 is 1.93 bits per heavy atom. The van der Waals surface area contributed by atoms with E-state index in [0.29, 0.717) is 6.04 Å². The second-order valence-electron chi connectivity index (χ2n) is 2.92. The predicted octanol–water partition coefficient (Wildman–Crippen LogP) is 3.96. The van der Waals surface area contributed by atoms with E-state index in [9.17, 15) is 0 Å². The predicted molar refractivity (Wildman–Crippen MR) is 72.0 cm³/mol. The van der Waals surface area contributed by atoms with Crippen LogP contribution in [0, 0.1) is 0 Å². The highest BCUT2D eigenvalue weighted by molar-refractivity contribution is 9.09. The quantitative estimate of drug-likeness (QED) is 0.816. The van der Waals surface area contributed by atoms with Crippen LogP contribution in [0.15, 0.2) is 24.3 Å². The van der Waals surface area contributed by atoms with Crippen molar-refractivity contribution < 1.29 is 0 Å². The molecule has 0 aliphatic rings. The molecule has 0 aromatic heterocycles. The monoisotopic (exact) mass is 341 g/mol. The van der Waals surface area contributed by atoms with Crippen molar-refractivity contribution in [3.63, 3.8) is 0 Å². The number of hydrogen-bond acceptors (Lipinski definition) is 1. The van der Waals surface area contributed by atoms with Crippen molar-refractivity contribution in [2.75, 3.05) is 11.9 Å².